The van der Waals surface area contributed by atoms with Crippen LogP contribution in [0.2, 0.25) is 0 Å². The number of para-hydroxylation sites is 1. The lowest BCUT2D eigenvalue weighted by Gasteiger charge is -2.23. The largest absolute Gasteiger partial charge is 0.352 e. The van der Waals surface area contributed by atoms with Gasteiger partial charge in [-0.15, -0.1) is 24.0 Å². The van der Waals surface area contributed by atoms with Gasteiger partial charge in [-0.1, -0.05) is 30.3 Å². The standard InChI is InChI=1S/C21H28N4O2S.HI/c1-16(2)24(4)28(26,27)19-11-9-17(10-12-19)15-23-21(22-3)25-14-13-18-7-5-6-8-20(18)25;/h5-12,16H,13-15H2,1-4H3,(H,22,23);1H. The van der Waals surface area contributed by atoms with Crippen LogP contribution in [0.25, 0.3) is 0 Å². The maximum atomic E-state index is 12.6. The van der Waals surface area contributed by atoms with Crippen LogP contribution >= 0.6 is 24.0 Å². The molecule has 0 spiro atoms. The molecule has 6 nitrogen and oxygen atoms in total. The van der Waals surface area contributed by atoms with E-state index in [2.05, 4.69) is 33.4 Å². The van der Waals surface area contributed by atoms with Gasteiger partial charge in [0.05, 0.1) is 4.90 Å². The van der Waals surface area contributed by atoms with Crippen molar-refractivity contribution in [3.05, 3.63) is 59.7 Å². The molecule has 2 aromatic carbocycles. The number of nitrogens with one attached hydrogen (secondary N) is 1. The van der Waals surface area contributed by atoms with Gasteiger partial charge in [-0.3, -0.25) is 4.99 Å². The molecule has 0 aliphatic carbocycles. The van der Waals surface area contributed by atoms with Crippen LogP contribution in [0.4, 0.5) is 5.69 Å². The minimum absolute atomic E-state index is 0. The number of fused-ring (bicyclic) bond motifs is 1. The maximum absolute atomic E-state index is 12.6. The number of rotatable bonds is 5. The van der Waals surface area contributed by atoms with Gasteiger partial charge in [0.2, 0.25) is 10.0 Å². The molecule has 0 fully saturated rings. The van der Waals surface area contributed by atoms with Crippen molar-refractivity contribution in [1.29, 1.82) is 0 Å². The minimum atomic E-state index is -3.46. The SMILES string of the molecule is CN=C(NCc1ccc(S(=O)(=O)N(C)C(C)C)cc1)N1CCc2ccccc21.I. The molecule has 1 aliphatic heterocycles. The average molecular weight is 528 g/mol. The van der Waals surface area contributed by atoms with Crippen molar-refractivity contribution < 1.29 is 8.42 Å². The van der Waals surface area contributed by atoms with Crippen molar-refractivity contribution in [3.63, 3.8) is 0 Å². The first-order valence-electron chi connectivity index (χ1n) is 9.47. The van der Waals surface area contributed by atoms with E-state index >= 15 is 0 Å². The zero-order chi connectivity index (χ0) is 20.3. The normalized spacial score (nSPS) is 14.1. The average Bonchev–Trinajstić information content (AvgIpc) is 3.12. The molecule has 0 saturated heterocycles. The molecule has 158 valence electrons. The number of nitrogens with zero attached hydrogens (tertiary/aromatic N) is 3. The molecule has 0 amide bonds. The third-order valence-corrected chi connectivity index (χ3v) is 7.18. The second-order valence-electron chi connectivity index (χ2n) is 7.19. The molecule has 3 rings (SSSR count). The van der Waals surface area contributed by atoms with Crippen LogP contribution in [-0.4, -0.2) is 45.4 Å². The molecule has 1 heterocycles. The lowest BCUT2D eigenvalue weighted by atomic mass is 10.2. The molecule has 0 atom stereocenters. The van der Waals surface area contributed by atoms with Crippen molar-refractivity contribution in [2.45, 2.75) is 37.8 Å². The maximum Gasteiger partial charge on any atom is 0.243 e. The van der Waals surface area contributed by atoms with E-state index in [0.717, 1.165) is 24.5 Å². The second kappa shape index (κ2) is 9.90. The lowest BCUT2D eigenvalue weighted by Crippen LogP contribution is -2.40. The van der Waals surface area contributed by atoms with Crippen LogP contribution in [0.5, 0.6) is 0 Å². The van der Waals surface area contributed by atoms with E-state index < -0.39 is 10.0 Å². The molecular formula is C21H29IN4O2S. The fraction of sp³-hybridized carbons (Fsp3) is 0.381. The Morgan fingerprint density at radius 1 is 1.17 bits per heavy atom. The van der Waals surface area contributed by atoms with Crippen LogP contribution in [0.15, 0.2) is 58.4 Å². The smallest absolute Gasteiger partial charge is 0.243 e. The first-order valence-corrected chi connectivity index (χ1v) is 10.9. The van der Waals surface area contributed by atoms with Crippen LogP contribution in [0.3, 0.4) is 0 Å². The number of aliphatic imine (C=N–C) groups is 1. The molecule has 1 aliphatic rings. The van der Waals surface area contributed by atoms with Gasteiger partial charge < -0.3 is 10.2 Å². The summed E-state index contributed by atoms with van der Waals surface area (Å²) in [6.07, 6.45) is 1.01. The Bertz CT molecular complexity index is 959. The fourth-order valence-corrected chi connectivity index (χ4v) is 4.63. The highest BCUT2D eigenvalue weighted by Gasteiger charge is 2.24. The Labute approximate surface area is 191 Å². The Kier molecular flexibility index (Phi) is 8.07. The van der Waals surface area contributed by atoms with Crippen LogP contribution < -0.4 is 10.2 Å². The van der Waals surface area contributed by atoms with Gasteiger partial charge in [-0.05, 0) is 49.6 Å². The van der Waals surface area contributed by atoms with E-state index in [1.54, 1.807) is 26.2 Å². The van der Waals surface area contributed by atoms with Crippen molar-refractivity contribution in [1.82, 2.24) is 9.62 Å². The third kappa shape index (κ3) is 5.10. The molecule has 0 radical (unpaired) electrons. The number of hydrogen-bond acceptors (Lipinski definition) is 3. The molecular weight excluding hydrogens is 499 g/mol. The predicted molar refractivity (Wildman–Crippen MR) is 130 cm³/mol. The van der Waals surface area contributed by atoms with Crippen LogP contribution in [0, 0.1) is 0 Å². The van der Waals surface area contributed by atoms with Gasteiger partial charge in [0.15, 0.2) is 5.96 Å². The highest BCUT2D eigenvalue weighted by molar-refractivity contribution is 14.0. The highest BCUT2D eigenvalue weighted by Crippen LogP contribution is 2.27. The monoisotopic (exact) mass is 528 g/mol. The van der Waals surface area contributed by atoms with E-state index in [4.69, 9.17) is 0 Å². The Hall–Kier alpha value is -1.65. The molecule has 8 heteroatoms. The van der Waals surface area contributed by atoms with E-state index in [0.29, 0.717) is 11.4 Å². The molecule has 0 saturated carbocycles. The van der Waals surface area contributed by atoms with E-state index in [-0.39, 0.29) is 30.0 Å². The van der Waals surface area contributed by atoms with Crippen LogP contribution in [0.1, 0.15) is 25.0 Å². The van der Waals surface area contributed by atoms with Crippen molar-refractivity contribution in [2.75, 3.05) is 25.5 Å². The molecule has 0 bridgehead atoms. The highest BCUT2D eigenvalue weighted by atomic mass is 127. The number of hydrogen-bond donors (Lipinski definition) is 1. The summed E-state index contributed by atoms with van der Waals surface area (Å²) < 4.78 is 26.5. The summed E-state index contributed by atoms with van der Waals surface area (Å²) >= 11 is 0. The van der Waals surface area contributed by atoms with E-state index in [1.807, 2.05) is 32.0 Å². The lowest BCUT2D eigenvalue weighted by molar-refractivity contribution is 0.410. The number of benzene rings is 2. The van der Waals surface area contributed by atoms with E-state index in [9.17, 15) is 8.42 Å². The Balaban J connectivity index is 0.00000300. The first-order chi connectivity index (χ1) is 13.3. The van der Waals surface area contributed by atoms with E-state index in [1.165, 1.54) is 15.6 Å². The van der Waals surface area contributed by atoms with Crippen molar-refractivity contribution in [3.8, 4) is 0 Å². The van der Waals surface area contributed by atoms with Crippen LogP contribution in [-0.2, 0) is 23.0 Å². The van der Waals surface area contributed by atoms with Gasteiger partial charge >= 0.3 is 0 Å². The quantitative estimate of drug-likeness (QED) is 0.367. The number of halogens is 1. The summed E-state index contributed by atoms with van der Waals surface area (Å²) in [6.45, 7) is 5.19. The molecule has 0 unspecified atom stereocenters. The summed E-state index contributed by atoms with van der Waals surface area (Å²) in [7, 11) is -0.0735. The predicted octanol–water partition coefficient (Wildman–Crippen LogP) is 3.47. The fourth-order valence-electron chi connectivity index (χ4n) is 3.26. The molecule has 29 heavy (non-hydrogen) atoms. The first kappa shape index (κ1) is 23.6. The summed E-state index contributed by atoms with van der Waals surface area (Å²) in [6, 6.07) is 15.3. The Morgan fingerprint density at radius 3 is 2.45 bits per heavy atom. The zero-order valence-corrected chi connectivity index (χ0v) is 20.4. The summed E-state index contributed by atoms with van der Waals surface area (Å²) in [5.41, 5.74) is 3.52. The topological polar surface area (TPSA) is 65.0 Å². The van der Waals surface area contributed by atoms with Crippen molar-refractivity contribution in [2.24, 2.45) is 4.99 Å². The number of sulfonamides is 1. The van der Waals surface area contributed by atoms with Gasteiger partial charge in [0.1, 0.15) is 0 Å². The zero-order valence-electron chi connectivity index (χ0n) is 17.3. The number of anilines is 1. The molecule has 0 aromatic heterocycles. The third-order valence-electron chi connectivity index (χ3n) is 5.13. The second-order valence-corrected chi connectivity index (χ2v) is 9.19. The van der Waals surface area contributed by atoms with Gasteiger partial charge in [-0.2, -0.15) is 4.31 Å². The number of guanidine groups is 1. The van der Waals surface area contributed by atoms with Gasteiger partial charge in [0.25, 0.3) is 0 Å². The molecule has 1 N–H and O–H groups in total. The van der Waals surface area contributed by atoms with Gasteiger partial charge in [-0.25, -0.2) is 8.42 Å². The molecule has 2 aromatic rings. The Morgan fingerprint density at radius 2 is 1.83 bits per heavy atom. The minimum Gasteiger partial charge on any atom is -0.352 e. The van der Waals surface area contributed by atoms with Crippen molar-refractivity contribution >= 4 is 45.6 Å². The summed E-state index contributed by atoms with van der Waals surface area (Å²) in [5.74, 6) is 0.821. The van der Waals surface area contributed by atoms with Gasteiger partial charge in [0, 0.05) is 38.9 Å². The summed E-state index contributed by atoms with van der Waals surface area (Å²) in [4.78, 5) is 6.91. The summed E-state index contributed by atoms with van der Waals surface area (Å²) in [5, 5.41) is 3.38.